The Morgan fingerprint density at radius 1 is 1.07 bits per heavy atom. The first-order valence-electron chi connectivity index (χ1n) is 8.88. The summed E-state index contributed by atoms with van der Waals surface area (Å²) >= 11 is 0. The maximum atomic E-state index is 12.9. The van der Waals surface area contributed by atoms with E-state index in [1.165, 1.54) is 0 Å². The minimum Gasteiger partial charge on any atom is -0.454 e. The van der Waals surface area contributed by atoms with E-state index in [1.54, 1.807) is 28.9 Å². The molecule has 4 rings (SSSR count). The van der Waals surface area contributed by atoms with E-state index in [1.807, 2.05) is 37.3 Å². The van der Waals surface area contributed by atoms with Crippen molar-refractivity contribution in [1.82, 2.24) is 4.90 Å². The second-order valence-corrected chi connectivity index (χ2v) is 6.69. The van der Waals surface area contributed by atoms with Crippen LogP contribution in [0, 0.1) is 6.92 Å². The minimum absolute atomic E-state index is 0.126. The quantitative estimate of drug-likeness (QED) is 0.886. The summed E-state index contributed by atoms with van der Waals surface area (Å²) in [7, 11) is 0. The number of nitrogens with one attached hydrogen (secondary N) is 1. The van der Waals surface area contributed by atoms with Gasteiger partial charge in [0.15, 0.2) is 11.5 Å². The van der Waals surface area contributed by atoms with E-state index in [4.69, 9.17) is 9.47 Å². The van der Waals surface area contributed by atoms with Crippen LogP contribution in [0.2, 0.25) is 0 Å². The molecule has 0 bridgehead atoms. The van der Waals surface area contributed by atoms with Crippen LogP contribution in [0.15, 0.2) is 42.5 Å². The lowest BCUT2D eigenvalue weighted by atomic mass is 10.1. The van der Waals surface area contributed by atoms with Gasteiger partial charge in [0.25, 0.3) is 0 Å². The molecule has 2 heterocycles. The molecule has 7 heteroatoms. The SMILES string of the molecule is Cc1ccc(NC(=O)N2CCN(c3ccc4c(c3)OCO4)C(=O)[C@H]2C)cc1. The van der Waals surface area contributed by atoms with Crippen LogP contribution in [0.25, 0.3) is 0 Å². The number of amides is 3. The number of nitrogens with zero attached hydrogens (tertiary/aromatic N) is 2. The molecule has 1 atom stereocenters. The molecule has 3 amide bonds. The van der Waals surface area contributed by atoms with E-state index in [0.717, 1.165) is 11.3 Å². The molecule has 2 aliphatic heterocycles. The van der Waals surface area contributed by atoms with Crippen LogP contribution in [0.1, 0.15) is 12.5 Å². The standard InChI is InChI=1S/C20H21N3O4/c1-13-3-5-15(6-4-13)21-20(25)22-9-10-23(19(24)14(22)2)16-7-8-17-18(11-16)27-12-26-17/h3-8,11,14H,9-10,12H2,1-2H3,(H,21,25)/t14-/m1/s1. The molecule has 2 aliphatic rings. The highest BCUT2D eigenvalue weighted by Crippen LogP contribution is 2.36. The van der Waals surface area contributed by atoms with Crippen molar-refractivity contribution in [2.75, 3.05) is 30.1 Å². The number of benzene rings is 2. The van der Waals surface area contributed by atoms with E-state index < -0.39 is 6.04 Å². The molecule has 0 radical (unpaired) electrons. The molecule has 1 fully saturated rings. The van der Waals surface area contributed by atoms with Crippen molar-refractivity contribution in [3.05, 3.63) is 48.0 Å². The highest BCUT2D eigenvalue weighted by Gasteiger charge is 2.35. The molecule has 0 saturated carbocycles. The molecule has 1 N–H and O–H groups in total. The van der Waals surface area contributed by atoms with Crippen molar-refractivity contribution in [2.24, 2.45) is 0 Å². The largest absolute Gasteiger partial charge is 0.454 e. The van der Waals surface area contributed by atoms with Crippen LogP contribution in [0.5, 0.6) is 11.5 Å². The Morgan fingerprint density at radius 3 is 2.59 bits per heavy atom. The van der Waals surface area contributed by atoms with E-state index in [2.05, 4.69) is 5.32 Å². The smallest absolute Gasteiger partial charge is 0.322 e. The second kappa shape index (κ2) is 6.83. The maximum absolute atomic E-state index is 12.9. The molecule has 2 aromatic carbocycles. The molecule has 0 aliphatic carbocycles. The van der Waals surface area contributed by atoms with E-state index in [-0.39, 0.29) is 18.7 Å². The number of carbonyl (C=O) groups excluding carboxylic acids is 2. The number of ether oxygens (including phenoxy) is 2. The van der Waals surface area contributed by atoms with Gasteiger partial charge >= 0.3 is 6.03 Å². The third kappa shape index (κ3) is 3.28. The zero-order valence-electron chi connectivity index (χ0n) is 15.3. The molecule has 0 unspecified atom stereocenters. The Kier molecular flexibility index (Phi) is 4.35. The summed E-state index contributed by atoms with van der Waals surface area (Å²) in [6, 6.07) is 12.2. The summed E-state index contributed by atoms with van der Waals surface area (Å²) in [5, 5.41) is 2.86. The van der Waals surface area contributed by atoms with Crippen LogP contribution in [0.4, 0.5) is 16.2 Å². The Hall–Kier alpha value is -3.22. The highest BCUT2D eigenvalue weighted by atomic mass is 16.7. The molecular formula is C20H21N3O4. The van der Waals surface area contributed by atoms with Gasteiger partial charge in [0.1, 0.15) is 6.04 Å². The van der Waals surface area contributed by atoms with Gasteiger partial charge in [-0.25, -0.2) is 4.79 Å². The molecule has 1 saturated heterocycles. The number of fused-ring (bicyclic) bond motifs is 1. The monoisotopic (exact) mass is 367 g/mol. The molecule has 7 nitrogen and oxygen atoms in total. The maximum Gasteiger partial charge on any atom is 0.322 e. The van der Waals surface area contributed by atoms with Gasteiger partial charge in [-0.15, -0.1) is 0 Å². The van der Waals surface area contributed by atoms with Crippen molar-refractivity contribution in [3.63, 3.8) is 0 Å². The average Bonchev–Trinajstić information content (AvgIpc) is 3.13. The van der Waals surface area contributed by atoms with Gasteiger partial charge < -0.3 is 24.6 Å². The predicted molar refractivity (Wildman–Crippen MR) is 101 cm³/mol. The average molecular weight is 367 g/mol. The zero-order valence-corrected chi connectivity index (χ0v) is 15.3. The Balaban J connectivity index is 1.46. The van der Waals surface area contributed by atoms with Gasteiger partial charge in [-0.1, -0.05) is 17.7 Å². The van der Waals surface area contributed by atoms with Crippen LogP contribution >= 0.6 is 0 Å². The van der Waals surface area contributed by atoms with Crippen molar-refractivity contribution >= 4 is 23.3 Å². The first kappa shape index (κ1) is 17.2. The topological polar surface area (TPSA) is 71.1 Å². The lowest BCUT2D eigenvalue weighted by Crippen LogP contribution is -2.58. The van der Waals surface area contributed by atoms with Crippen molar-refractivity contribution < 1.29 is 19.1 Å². The van der Waals surface area contributed by atoms with Gasteiger partial charge in [-0.05, 0) is 38.1 Å². The lowest BCUT2D eigenvalue weighted by Gasteiger charge is -2.39. The number of rotatable bonds is 2. The van der Waals surface area contributed by atoms with Crippen LogP contribution in [-0.4, -0.2) is 42.8 Å². The number of carbonyl (C=O) groups is 2. The third-order valence-corrected chi connectivity index (χ3v) is 4.89. The Labute approximate surface area is 157 Å². The summed E-state index contributed by atoms with van der Waals surface area (Å²) in [4.78, 5) is 28.7. The van der Waals surface area contributed by atoms with Crippen molar-refractivity contribution in [2.45, 2.75) is 19.9 Å². The first-order valence-corrected chi connectivity index (χ1v) is 8.88. The summed E-state index contributed by atoms with van der Waals surface area (Å²) in [5.41, 5.74) is 2.58. The predicted octanol–water partition coefficient (Wildman–Crippen LogP) is 2.99. The van der Waals surface area contributed by atoms with Crippen molar-refractivity contribution in [1.29, 1.82) is 0 Å². The van der Waals surface area contributed by atoms with E-state index in [0.29, 0.717) is 30.3 Å². The van der Waals surface area contributed by atoms with Gasteiger partial charge in [-0.3, -0.25) is 4.79 Å². The number of aryl methyl sites for hydroxylation is 1. The highest BCUT2D eigenvalue weighted by molar-refractivity contribution is 6.02. The van der Waals surface area contributed by atoms with Gasteiger partial charge in [0.05, 0.1) is 0 Å². The van der Waals surface area contributed by atoms with E-state index >= 15 is 0 Å². The summed E-state index contributed by atoms with van der Waals surface area (Å²) in [6.45, 7) is 4.79. The molecule has 0 aromatic heterocycles. The normalized spacial score (nSPS) is 18.6. The second-order valence-electron chi connectivity index (χ2n) is 6.69. The third-order valence-electron chi connectivity index (χ3n) is 4.89. The molecule has 27 heavy (non-hydrogen) atoms. The fraction of sp³-hybridized carbons (Fsp3) is 0.300. The number of urea groups is 1. The van der Waals surface area contributed by atoms with Gasteiger partial charge in [-0.2, -0.15) is 0 Å². The summed E-state index contributed by atoms with van der Waals surface area (Å²) < 4.78 is 10.7. The van der Waals surface area contributed by atoms with Crippen LogP contribution in [-0.2, 0) is 4.79 Å². The number of hydrogen-bond acceptors (Lipinski definition) is 4. The number of anilines is 2. The lowest BCUT2D eigenvalue weighted by molar-refractivity contribution is -0.123. The number of piperazine rings is 1. The fourth-order valence-corrected chi connectivity index (χ4v) is 3.29. The molecular weight excluding hydrogens is 346 g/mol. The fourth-order valence-electron chi connectivity index (χ4n) is 3.29. The van der Waals surface area contributed by atoms with Crippen LogP contribution < -0.4 is 19.7 Å². The first-order chi connectivity index (χ1) is 13.0. The van der Waals surface area contributed by atoms with Crippen molar-refractivity contribution in [3.8, 4) is 11.5 Å². The molecule has 0 spiro atoms. The van der Waals surface area contributed by atoms with Gasteiger partial charge in [0.2, 0.25) is 12.7 Å². The Bertz CT molecular complexity index is 881. The summed E-state index contributed by atoms with van der Waals surface area (Å²) in [5.74, 6) is 1.18. The summed E-state index contributed by atoms with van der Waals surface area (Å²) in [6.07, 6.45) is 0. The minimum atomic E-state index is -0.561. The zero-order chi connectivity index (χ0) is 19.0. The Morgan fingerprint density at radius 2 is 1.81 bits per heavy atom. The van der Waals surface area contributed by atoms with Crippen LogP contribution in [0.3, 0.4) is 0 Å². The molecule has 2 aromatic rings. The van der Waals surface area contributed by atoms with Gasteiger partial charge in [0, 0.05) is 30.5 Å². The van der Waals surface area contributed by atoms with E-state index in [9.17, 15) is 9.59 Å². The molecule has 140 valence electrons. The number of hydrogen-bond donors (Lipinski definition) is 1.